The number of aliphatic imine (C=N–C) groups is 1. The van der Waals surface area contributed by atoms with E-state index in [2.05, 4.69) is 26.2 Å². The van der Waals surface area contributed by atoms with Gasteiger partial charge in [0.2, 0.25) is 0 Å². The average Bonchev–Trinajstić information content (AvgIpc) is 3.13. The summed E-state index contributed by atoms with van der Waals surface area (Å²) in [6.07, 6.45) is 1.74. The number of nitrogens with one attached hydrogen (secondary N) is 1. The van der Waals surface area contributed by atoms with Crippen molar-refractivity contribution in [3.63, 3.8) is 0 Å². The molecular formula is C24H18BrN3O4S. The normalized spacial score (nSPS) is 15.6. The molecule has 0 radical (unpaired) electrons. The molecule has 0 bridgehead atoms. The van der Waals surface area contributed by atoms with Crippen LogP contribution in [0.4, 0.5) is 11.4 Å². The number of rotatable bonds is 6. The molecule has 1 aliphatic rings. The molecule has 1 fully saturated rings. The zero-order valence-electron chi connectivity index (χ0n) is 17.4. The Bertz CT molecular complexity index is 1290. The van der Waals surface area contributed by atoms with E-state index in [1.54, 1.807) is 24.3 Å². The SMILES string of the molecule is Cc1ccc(N=C2NC(=O)/C(=C\c3cc(Br)ccc3OCc3cccc([N+](=O)[O-])c3)S2)cc1. The van der Waals surface area contributed by atoms with Crippen molar-refractivity contribution in [2.45, 2.75) is 13.5 Å². The lowest BCUT2D eigenvalue weighted by molar-refractivity contribution is -0.384. The van der Waals surface area contributed by atoms with Crippen LogP contribution in [0.2, 0.25) is 0 Å². The molecule has 0 saturated carbocycles. The molecule has 166 valence electrons. The Morgan fingerprint density at radius 3 is 2.70 bits per heavy atom. The van der Waals surface area contributed by atoms with Gasteiger partial charge in [0.05, 0.1) is 15.5 Å². The number of amides is 1. The molecule has 7 nitrogen and oxygen atoms in total. The molecule has 3 aromatic carbocycles. The third-order valence-electron chi connectivity index (χ3n) is 4.69. The fraction of sp³-hybridized carbons (Fsp3) is 0.0833. The zero-order chi connectivity index (χ0) is 23.4. The molecule has 1 N–H and O–H groups in total. The van der Waals surface area contributed by atoms with Gasteiger partial charge in [0, 0.05) is 22.2 Å². The highest BCUT2D eigenvalue weighted by atomic mass is 79.9. The molecule has 1 heterocycles. The molecule has 1 saturated heterocycles. The van der Waals surface area contributed by atoms with Crippen molar-refractivity contribution < 1.29 is 14.5 Å². The van der Waals surface area contributed by atoms with Gasteiger partial charge in [0.25, 0.3) is 11.6 Å². The van der Waals surface area contributed by atoms with Crippen molar-refractivity contribution in [3.05, 3.63) is 103 Å². The fourth-order valence-corrected chi connectivity index (χ4v) is 4.25. The summed E-state index contributed by atoms with van der Waals surface area (Å²) in [5.74, 6) is 0.310. The van der Waals surface area contributed by atoms with Crippen LogP contribution >= 0.6 is 27.7 Å². The van der Waals surface area contributed by atoms with Gasteiger partial charge in [-0.15, -0.1) is 0 Å². The van der Waals surface area contributed by atoms with Crippen LogP contribution in [0.1, 0.15) is 16.7 Å². The quantitative estimate of drug-likeness (QED) is 0.238. The van der Waals surface area contributed by atoms with Gasteiger partial charge >= 0.3 is 0 Å². The Labute approximate surface area is 202 Å². The molecule has 0 unspecified atom stereocenters. The minimum atomic E-state index is -0.440. The Kier molecular flexibility index (Phi) is 6.90. The van der Waals surface area contributed by atoms with Crippen molar-refractivity contribution in [2.24, 2.45) is 4.99 Å². The minimum absolute atomic E-state index is 0.00803. The Morgan fingerprint density at radius 1 is 1.15 bits per heavy atom. The second-order valence-corrected chi connectivity index (χ2v) is 9.16. The van der Waals surface area contributed by atoms with Gasteiger partial charge in [-0.3, -0.25) is 14.9 Å². The van der Waals surface area contributed by atoms with Crippen LogP contribution in [-0.2, 0) is 11.4 Å². The summed E-state index contributed by atoms with van der Waals surface area (Å²) in [7, 11) is 0. The first kappa shape index (κ1) is 22.8. The largest absolute Gasteiger partial charge is 0.488 e. The summed E-state index contributed by atoms with van der Waals surface area (Å²) >= 11 is 4.70. The van der Waals surface area contributed by atoms with Gasteiger partial charge in [0.15, 0.2) is 5.17 Å². The van der Waals surface area contributed by atoms with Crippen LogP contribution in [0, 0.1) is 17.0 Å². The van der Waals surface area contributed by atoms with E-state index < -0.39 is 4.92 Å². The number of nitrogens with zero attached hydrogens (tertiary/aromatic N) is 2. The first-order valence-corrected chi connectivity index (χ1v) is 11.5. The number of nitro groups is 1. The van der Waals surface area contributed by atoms with E-state index in [-0.39, 0.29) is 18.2 Å². The molecule has 1 aliphatic heterocycles. The number of hydrogen-bond donors (Lipinski definition) is 1. The van der Waals surface area contributed by atoms with E-state index >= 15 is 0 Å². The van der Waals surface area contributed by atoms with Gasteiger partial charge in [-0.25, -0.2) is 4.99 Å². The predicted octanol–water partition coefficient (Wildman–Crippen LogP) is 6.14. The Balaban J connectivity index is 1.54. The number of benzene rings is 3. The monoisotopic (exact) mass is 523 g/mol. The minimum Gasteiger partial charge on any atom is -0.488 e. The van der Waals surface area contributed by atoms with Gasteiger partial charge in [-0.1, -0.05) is 45.8 Å². The van der Waals surface area contributed by atoms with Crippen LogP contribution in [-0.4, -0.2) is 16.0 Å². The third-order valence-corrected chi connectivity index (χ3v) is 6.09. The van der Waals surface area contributed by atoms with Crippen molar-refractivity contribution in [3.8, 4) is 5.75 Å². The number of aryl methyl sites for hydroxylation is 1. The molecule has 4 rings (SSSR count). The number of amidine groups is 1. The van der Waals surface area contributed by atoms with Crippen LogP contribution in [0.15, 0.2) is 81.1 Å². The fourth-order valence-electron chi connectivity index (χ4n) is 3.04. The van der Waals surface area contributed by atoms with E-state index in [1.165, 1.54) is 23.9 Å². The summed E-state index contributed by atoms with van der Waals surface area (Å²) < 4.78 is 6.76. The maximum Gasteiger partial charge on any atom is 0.269 e. The number of non-ortho nitro benzene ring substituents is 1. The highest BCUT2D eigenvalue weighted by Gasteiger charge is 2.24. The third kappa shape index (κ3) is 5.88. The number of carbonyl (C=O) groups excluding carboxylic acids is 1. The lowest BCUT2D eigenvalue weighted by Gasteiger charge is -2.10. The van der Waals surface area contributed by atoms with Gasteiger partial charge < -0.3 is 10.1 Å². The van der Waals surface area contributed by atoms with Crippen LogP contribution in [0.25, 0.3) is 6.08 Å². The molecule has 3 aromatic rings. The van der Waals surface area contributed by atoms with E-state index in [0.29, 0.717) is 26.9 Å². The van der Waals surface area contributed by atoms with E-state index in [9.17, 15) is 14.9 Å². The second kappa shape index (κ2) is 10.0. The Morgan fingerprint density at radius 2 is 1.94 bits per heavy atom. The topological polar surface area (TPSA) is 93.8 Å². The highest BCUT2D eigenvalue weighted by Crippen LogP contribution is 2.32. The summed E-state index contributed by atoms with van der Waals surface area (Å²) in [5.41, 5.74) is 3.27. The average molecular weight is 524 g/mol. The summed E-state index contributed by atoms with van der Waals surface area (Å²) in [6, 6.07) is 19.5. The number of thioether (sulfide) groups is 1. The molecule has 33 heavy (non-hydrogen) atoms. The van der Waals surface area contributed by atoms with E-state index in [4.69, 9.17) is 4.74 Å². The van der Waals surface area contributed by atoms with Gasteiger partial charge in [-0.2, -0.15) is 0 Å². The lowest BCUT2D eigenvalue weighted by atomic mass is 10.1. The highest BCUT2D eigenvalue weighted by molar-refractivity contribution is 9.10. The Hall–Kier alpha value is -3.43. The van der Waals surface area contributed by atoms with Crippen LogP contribution < -0.4 is 10.1 Å². The second-order valence-electron chi connectivity index (χ2n) is 7.22. The van der Waals surface area contributed by atoms with Crippen LogP contribution in [0.5, 0.6) is 5.75 Å². The summed E-state index contributed by atoms with van der Waals surface area (Å²) in [4.78, 5) is 28.1. The van der Waals surface area contributed by atoms with Crippen LogP contribution in [0.3, 0.4) is 0 Å². The number of carbonyl (C=O) groups is 1. The van der Waals surface area contributed by atoms with E-state index in [0.717, 1.165) is 15.7 Å². The molecule has 9 heteroatoms. The molecule has 0 atom stereocenters. The molecule has 0 aliphatic carbocycles. The standard InChI is InChI=1S/C24H18BrN3O4S/c1-15-5-8-19(9-6-15)26-24-27-23(29)22(33-24)13-17-12-18(25)7-10-21(17)32-14-16-3-2-4-20(11-16)28(30)31/h2-13H,14H2,1H3,(H,26,27,29)/b22-13+. The molecule has 1 amide bonds. The molecular weight excluding hydrogens is 506 g/mol. The smallest absolute Gasteiger partial charge is 0.269 e. The lowest BCUT2D eigenvalue weighted by Crippen LogP contribution is -2.19. The van der Waals surface area contributed by atoms with Gasteiger partial charge in [0.1, 0.15) is 12.4 Å². The van der Waals surface area contributed by atoms with Crippen molar-refractivity contribution in [2.75, 3.05) is 0 Å². The number of hydrogen-bond acceptors (Lipinski definition) is 6. The predicted molar refractivity (Wildman–Crippen MR) is 134 cm³/mol. The molecule has 0 aromatic heterocycles. The molecule has 0 spiro atoms. The van der Waals surface area contributed by atoms with Gasteiger partial charge in [-0.05, 0) is 60.7 Å². The zero-order valence-corrected chi connectivity index (χ0v) is 19.9. The first-order valence-electron chi connectivity index (χ1n) is 9.89. The number of nitro benzene ring substituents is 1. The first-order chi connectivity index (χ1) is 15.9. The van der Waals surface area contributed by atoms with Crippen molar-refractivity contribution >= 4 is 56.2 Å². The summed E-state index contributed by atoms with van der Waals surface area (Å²) in [5, 5.41) is 14.3. The summed E-state index contributed by atoms with van der Waals surface area (Å²) in [6.45, 7) is 2.15. The van der Waals surface area contributed by atoms with Crippen molar-refractivity contribution in [1.82, 2.24) is 5.32 Å². The van der Waals surface area contributed by atoms with E-state index in [1.807, 2.05) is 43.3 Å². The van der Waals surface area contributed by atoms with Crippen molar-refractivity contribution in [1.29, 1.82) is 0 Å². The number of halogens is 1. The number of ether oxygens (including phenoxy) is 1. The maximum atomic E-state index is 12.5. The maximum absolute atomic E-state index is 12.5.